The van der Waals surface area contributed by atoms with Gasteiger partial charge in [0.25, 0.3) is 5.91 Å². The van der Waals surface area contributed by atoms with E-state index in [4.69, 9.17) is 4.74 Å². The van der Waals surface area contributed by atoms with Gasteiger partial charge in [0.2, 0.25) is 5.91 Å². The average Bonchev–Trinajstić information content (AvgIpc) is 2.61. The molecule has 0 heterocycles. The SMILES string of the molecule is CCOc1ccc(C(=O)NCCNC(=O)Cc2ccc(F)cc2)cc1. The highest BCUT2D eigenvalue weighted by Gasteiger charge is 2.06. The first-order chi connectivity index (χ1) is 12.1. The fourth-order valence-electron chi connectivity index (χ4n) is 2.20. The summed E-state index contributed by atoms with van der Waals surface area (Å²) in [5.74, 6) is -0.00831. The zero-order valence-electron chi connectivity index (χ0n) is 14.0. The molecule has 0 atom stereocenters. The van der Waals surface area contributed by atoms with Crippen LogP contribution in [0.1, 0.15) is 22.8 Å². The van der Waals surface area contributed by atoms with Crippen molar-refractivity contribution in [2.45, 2.75) is 13.3 Å². The van der Waals surface area contributed by atoms with Gasteiger partial charge in [0.15, 0.2) is 0 Å². The van der Waals surface area contributed by atoms with Crippen LogP contribution in [0.3, 0.4) is 0 Å². The van der Waals surface area contributed by atoms with Crippen LogP contribution in [0.2, 0.25) is 0 Å². The smallest absolute Gasteiger partial charge is 0.251 e. The molecule has 0 aromatic heterocycles. The molecule has 5 nitrogen and oxygen atoms in total. The monoisotopic (exact) mass is 344 g/mol. The van der Waals surface area contributed by atoms with Crippen molar-refractivity contribution in [2.24, 2.45) is 0 Å². The van der Waals surface area contributed by atoms with Gasteiger partial charge in [-0.15, -0.1) is 0 Å². The third kappa shape index (κ3) is 6.25. The van der Waals surface area contributed by atoms with Crippen molar-refractivity contribution in [1.82, 2.24) is 10.6 Å². The molecule has 2 N–H and O–H groups in total. The molecule has 0 bridgehead atoms. The van der Waals surface area contributed by atoms with Gasteiger partial charge in [-0.3, -0.25) is 9.59 Å². The summed E-state index contributed by atoms with van der Waals surface area (Å²) < 4.78 is 18.1. The van der Waals surface area contributed by atoms with Crippen molar-refractivity contribution < 1.29 is 18.7 Å². The van der Waals surface area contributed by atoms with Crippen LogP contribution in [-0.4, -0.2) is 31.5 Å². The number of halogens is 1. The van der Waals surface area contributed by atoms with Gasteiger partial charge < -0.3 is 15.4 Å². The van der Waals surface area contributed by atoms with Gasteiger partial charge >= 0.3 is 0 Å². The van der Waals surface area contributed by atoms with Crippen molar-refractivity contribution in [3.8, 4) is 5.75 Å². The van der Waals surface area contributed by atoms with Crippen molar-refractivity contribution >= 4 is 11.8 Å². The Bertz CT molecular complexity index is 700. The van der Waals surface area contributed by atoms with E-state index in [1.807, 2.05) is 6.92 Å². The lowest BCUT2D eigenvalue weighted by Gasteiger charge is -2.08. The maximum Gasteiger partial charge on any atom is 0.251 e. The largest absolute Gasteiger partial charge is 0.494 e. The Morgan fingerprint density at radius 1 is 0.960 bits per heavy atom. The molecule has 2 rings (SSSR count). The summed E-state index contributed by atoms with van der Waals surface area (Å²) in [6.07, 6.45) is 0.174. The second kappa shape index (κ2) is 9.42. The summed E-state index contributed by atoms with van der Waals surface area (Å²) >= 11 is 0. The maximum atomic E-state index is 12.8. The molecule has 0 unspecified atom stereocenters. The van der Waals surface area contributed by atoms with Gasteiger partial charge in [-0.05, 0) is 48.9 Å². The summed E-state index contributed by atoms with van der Waals surface area (Å²) in [5, 5.41) is 5.44. The molecule has 6 heteroatoms. The van der Waals surface area contributed by atoms with Gasteiger partial charge in [0.05, 0.1) is 13.0 Å². The number of hydrogen-bond donors (Lipinski definition) is 2. The Morgan fingerprint density at radius 3 is 2.24 bits per heavy atom. The van der Waals surface area contributed by atoms with E-state index >= 15 is 0 Å². The van der Waals surface area contributed by atoms with Crippen molar-refractivity contribution in [3.05, 3.63) is 65.5 Å². The highest BCUT2D eigenvalue weighted by Crippen LogP contribution is 2.11. The third-order valence-electron chi connectivity index (χ3n) is 3.44. The van der Waals surface area contributed by atoms with Crippen LogP contribution in [0, 0.1) is 5.82 Å². The summed E-state index contributed by atoms with van der Waals surface area (Å²) in [4.78, 5) is 23.8. The number of benzene rings is 2. The predicted molar refractivity (Wildman–Crippen MR) is 93.1 cm³/mol. The standard InChI is InChI=1S/C19H21FN2O3/c1-2-25-17-9-5-15(6-10-17)19(24)22-12-11-21-18(23)13-14-3-7-16(20)8-4-14/h3-10H,2,11-13H2,1H3,(H,21,23)(H,22,24). The molecule has 2 amide bonds. The number of carbonyl (C=O) groups excluding carboxylic acids is 2. The fourth-order valence-corrected chi connectivity index (χ4v) is 2.20. The molecule has 0 saturated carbocycles. The molecule has 2 aromatic carbocycles. The molecule has 25 heavy (non-hydrogen) atoms. The quantitative estimate of drug-likeness (QED) is 0.722. The summed E-state index contributed by atoms with van der Waals surface area (Å²) in [6.45, 7) is 3.11. The van der Waals surface area contributed by atoms with Crippen LogP contribution in [-0.2, 0) is 11.2 Å². The summed E-state index contributed by atoms with van der Waals surface area (Å²) in [6, 6.07) is 12.6. The highest BCUT2D eigenvalue weighted by atomic mass is 19.1. The van der Waals surface area contributed by atoms with Crippen LogP contribution < -0.4 is 15.4 Å². The Balaban J connectivity index is 1.68. The van der Waals surface area contributed by atoms with Gasteiger partial charge in [-0.25, -0.2) is 4.39 Å². The lowest BCUT2D eigenvalue weighted by molar-refractivity contribution is -0.120. The average molecular weight is 344 g/mol. The normalized spacial score (nSPS) is 10.2. The van der Waals surface area contributed by atoms with Crippen molar-refractivity contribution in [2.75, 3.05) is 19.7 Å². The summed E-state index contributed by atoms with van der Waals surface area (Å²) in [7, 11) is 0. The van der Waals surface area contributed by atoms with Crippen LogP contribution in [0.4, 0.5) is 4.39 Å². The third-order valence-corrected chi connectivity index (χ3v) is 3.44. The van der Waals surface area contributed by atoms with E-state index in [0.29, 0.717) is 31.0 Å². The Labute approximate surface area is 146 Å². The first-order valence-electron chi connectivity index (χ1n) is 8.10. The van der Waals surface area contributed by atoms with Crippen molar-refractivity contribution in [1.29, 1.82) is 0 Å². The second-order valence-corrected chi connectivity index (χ2v) is 5.37. The number of ether oxygens (including phenoxy) is 1. The Hall–Kier alpha value is -2.89. The van der Waals surface area contributed by atoms with Crippen LogP contribution in [0.25, 0.3) is 0 Å². The highest BCUT2D eigenvalue weighted by molar-refractivity contribution is 5.94. The summed E-state index contributed by atoms with van der Waals surface area (Å²) in [5.41, 5.74) is 1.26. The Morgan fingerprint density at radius 2 is 1.60 bits per heavy atom. The van der Waals surface area contributed by atoms with Gasteiger partial charge in [-0.2, -0.15) is 0 Å². The van der Waals surface area contributed by atoms with Crippen LogP contribution >= 0.6 is 0 Å². The molecule has 2 aromatic rings. The molecule has 0 saturated heterocycles. The molecule has 0 radical (unpaired) electrons. The minimum Gasteiger partial charge on any atom is -0.494 e. The van der Waals surface area contributed by atoms with E-state index in [1.165, 1.54) is 12.1 Å². The molecule has 132 valence electrons. The van der Waals surface area contributed by atoms with E-state index < -0.39 is 0 Å². The van der Waals surface area contributed by atoms with E-state index in [1.54, 1.807) is 36.4 Å². The molecule has 0 aliphatic heterocycles. The van der Waals surface area contributed by atoms with Crippen LogP contribution in [0.15, 0.2) is 48.5 Å². The van der Waals surface area contributed by atoms with E-state index in [-0.39, 0.29) is 24.1 Å². The topological polar surface area (TPSA) is 67.4 Å². The van der Waals surface area contributed by atoms with E-state index in [2.05, 4.69) is 10.6 Å². The molecular formula is C19H21FN2O3. The first-order valence-corrected chi connectivity index (χ1v) is 8.10. The van der Waals surface area contributed by atoms with E-state index in [9.17, 15) is 14.0 Å². The molecule has 0 aliphatic rings. The zero-order valence-corrected chi connectivity index (χ0v) is 14.0. The molecule has 0 spiro atoms. The van der Waals surface area contributed by atoms with Gasteiger partial charge in [0.1, 0.15) is 11.6 Å². The number of rotatable bonds is 8. The van der Waals surface area contributed by atoms with Crippen LogP contribution in [0.5, 0.6) is 5.75 Å². The molecule has 0 fully saturated rings. The fraction of sp³-hybridized carbons (Fsp3) is 0.263. The minimum atomic E-state index is -0.332. The number of carbonyl (C=O) groups is 2. The lowest BCUT2D eigenvalue weighted by Crippen LogP contribution is -2.35. The maximum absolute atomic E-state index is 12.8. The first kappa shape index (κ1) is 18.4. The van der Waals surface area contributed by atoms with Gasteiger partial charge in [-0.1, -0.05) is 12.1 Å². The lowest BCUT2D eigenvalue weighted by atomic mass is 10.1. The number of hydrogen-bond acceptors (Lipinski definition) is 3. The zero-order chi connectivity index (χ0) is 18.1. The number of nitrogens with one attached hydrogen (secondary N) is 2. The molecule has 0 aliphatic carbocycles. The molecular weight excluding hydrogens is 323 g/mol. The minimum absolute atomic E-state index is 0.174. The predicted octanol–water partition coefficient (Wildman–Crippen LogP) is 2.31. The van der Waals surface area contributed by atoms with Gasteiger partial charge in [0, 0.05) is 18.7 Å². The second-order valence-electron chi connectivity index (χ2n) is 5.37. The Kier molecular flexibility index (Phi) is 6.95. The van der Waals surface area contributed by atoms with E-state index in [0.717, 1.165) is 5.56 Å². The number of amides is 2. The van der Waals surface area contributed by atoms with Crippen molar-refractivity contribution in [3.63, 3.8) is 0 Å².